The van der Waals surface area contributed by atoms with Crippen LogP contribution >= 0.6 is 0 Å². The number of rotatable bonds is 1. The number of hydrogen-bond acceptors (Lipinski definition) is 3. The van der Waals surface area contributed by atoms with E-state index in [0.717, 1.165) is 13.0 Å². The van der Waals surface area contributed by atoms with Gasteiger partial charge in [0.05, 0.1) is 0 Å². The number of hydrogen-bond donors (Lipinski definition) is 1. The summed E-state index contributed by atoms with van der Waals surface area (Å²) in [5.41, 5.74) is -3.14. The van der Waals surface area contributed by atoms with Gasteiger partial charge in [0.1, 0.15) is 11.3 Å². The maximum Gasteiger partial charge on any atom is 0.422 e. The number of carbonyl (C=O) groups excluding carboxylic acids is 3. The van der Waals surface area contributed by atoms with Crippen LogP contribution < -0.4 is 5.32 Å². The fraction of sp³-hybridized carbons (Fsp3) is 0.154. The highest BCUT2D eigenvalue weighted by Gasteiger charge is 2.47. The van der Waals surface area contributed by atoms with Crippen molar-refractivity contribution in [3.8, 4) is 0 Å². The molecule has 0 atom stereocenters. The van der Waals surface area contributed by atoms with Gasteiger partial charge in [-0.15, -0.1) is 0 Å². The van der Waals surface area contributed by atoms with E-state index in [1.54, 1.807) is 0 Å². The standard InChI is InChI=1S/C13H8F3NO3/c1-6(18)17-10-9(13(14,15)16)11(19)7-4-2-3-5-8(7)12(10)20/h2-5H,1H3,(H,17,18). The van der Waals surface area contributed by atoms with Crippen LogP contribution in [0.4, 0.5) is 13.2 Å². The van der Waals surface area contributed by atoms with E-state index in [1.165, 1.54) is 18.2 Å². The first kappa shape index (κ1) is 14.0. The van der Waals surface area contributed by atoms with Gasteiger partial charge >= 0.3 is 6.18 Å². The second-order valence-electron chi connectivity index (χ2n) is 4.13. The maximum absolute atomic E-state index is 13.0. The summed E-state index contributed by atoms with van der Waals surface area (Å²) in [6.07, 6.45) is -5.03. The zero-order chi connectivity index (χ0) is 15.1. The molecule has 0 unspecified atom stereocenters. The van der Waals surface area contributed by atoms with E-state index < -0.39 is 34.9 Å². The summed E-state index contributed by atoms with van der Waals surface area (Å²) in [5.74, 6) is -3.21. The summed E-state index contributed by atoms with van der Waals surface area (Å²) in [4.78, 5) is 34.9. The molecule has 4 nitrogen and oxygen atoms in total. The zero-order valence-corrected chi connectivity index (χ0v) is 10.2. The average molecular weight is 283 g/mol. The molecule has 0 spiro atoms. The molecule has 104 valence electrons. The van der Waals surface area contributed by atoms with Crippen LogP contribution in [0.2, 0.25) is 0 Å². The van der Waals surface area contributed by atoms with Gasteiger partial charge in [-0.3, -0.25) is 14.4 Å². The largest absolute Gasteiger partial charge is 0.422 e. The number of Topliss-reactive ketones (excluding diaryl/α,β-unsaturated/α-hetero) is 2. The Balaban J connectivity index is 2.72. The third-order valence-corrected chi connectivity index (χ3v) is 2.70. The molecule has 0 aromatic heterocycles. The lowest BCUT2D eigenvalue weighted by Gasteiger charge is -2.22. The van der Waals surface area contributed by atoms with E-state index in [1.807, 2.05) is 5.32 Å². The molecule has 2 rings (SSSR count). The molecular weight excluding hydrogens is 275 g/mol. The SMILES string of the molecule is CC(=O)NC1=C(C(F)(F)F)C(=O)c2ccccc2C1=O. The van der Waals surface area contributed by atoms with Gasteiger partial charge in [-0.25, -0.2) is 0 Å². The Hall–Kier alpha value is -2.44. The van der Waals surface area contributed by atoms with Gasteiger partial charge in [-0.1, -0.05) is 24.3 Å². The molecule has 0 radical (unpaired) electrons. The predicted octanol–water partition coefficient (Wildman–Crippen LogP) is 2.02. The highest BCUT2D eigenvalue weighted by molar-refractivity contribution is 6.27. The van der Waals surface area contributed by atoms with E-state index in [4.69, 9.17) is 0 Å². The first-order valence-electron chi connectivity index (χ1n) is 5.51. The van der Waals surface area contributed by atoms with Gasteiger partial charge in [0.25, 0.3) is 0 Å². The first-order chi connectivity index (χ1) is 9.23. The molecule has 0 fully saturated rings. The Labute approximate surface area is 111 Å². The lowest BCUT2D eigenvalue weighted by molar-refractivity contribution is -0.118. The van der Waals surface area contributed by atoms with Crippen LogP contribution in [-0.2, 0) is 4.79 Å². The van der Waals surface area contributed by atoms with E-state index >= 15 is 0 Å². The van der Waals surface area contributed by atoms with Crippen molar-refractivity contribution in [2.24, 2.45) is 0 Å². The minimum absolute atomic E-state index is 0.158. The first-order valence-corrected chi connectivity index (χ1v) is 5.51. The van der Waals surface area contributed by atoms with E-state index in [0.29, 0.717) is 0 Å². The number of amides is 1. The second kappa shape index (κ2) is 4.59. The van der Waals surface area contributed by atoms with Gasteiger partial charge in [0.15, 0.2) is 0 Å². The Kier molecular flexibility index (Phi) is 3.21. The molecule has 1 aromatic carbocycles. The molecule has 1 N–H and O–H groups in total. The fourth-order valence-corrected chi connectivity index (χ4v) is 1.94. The summed E-state index contributed by atoms with van der Waals surface area (Å²) in [5, 5.41) is 1.81. The number of carbonyl (C=O) groups is 3. The number of halogens is 3. The second-order valence-corrected chi connectivity index (χ2v) is 4.13. The average Bonchev–Trinajstić information content (AvgIpc) is 2.33. The smallest absolute Gasteiger partial charge is 0.322 e. The molecule has 0 saturated carbocycles. The van der Waals surface area contributed by atoms with Crippen LogP contribution in [0.15, 0.2) is 35.5 Å². The summed E-state index contributed by atoms with van der Waals surface area (Å²) in [7, 11) is 0. The van der Waals surface area contributed by atoms with Crippen LogP contribution in [-0.4, -0.2) is 23.6 Å². The number of benzene rings is 1. The molecule has 1 aliphatic rings. The van der Waals surface area contributed by atoms with Gasteiger partial charge in [-0.2, -0.15) is 13.2 Å². The monoisotopic (exact) mass is 283 g/mol. The molecule has 1 aliphatic carbocycles. The van der Waals surface area contributed by atoms with Gasteiger partial charge in [0, 0.05) is 18.1 Å². The number of ketones is 2. The normalized spacial score (nSPS) is 15.2. The molecule has 0 saturated heterocycles. The molecule has 0 heterocycles. The molecule has 1 amide bonds. The van der Waals surface area contributed by atoms with Crippen molar-refractivity contribution < 1.29 is 27.6 Å². The minimum atomic E-state index is -5.03. The van der Waals surface area contributed by atoms with E-state index in [9.17, 15) is 27.6 Å². The number of alkyl halides is 3. The third-order valence-electron chi connectivity index (χ3n) is 2.70. The third kappa shape index (κ3) is 2.22. The lowest BCUT2D eigenvalue weighted by atomic mass is 9.86. The Morgan fingerprint density at radius 3 is 2.00 bits per heavy atom. The van der Waals surface area contributed by atoms with E-state index in [-0.39, 0.29) is 11.1 Å². The summed E-state index contributed by atoms with van der Waals surface area (Å²) in [6.45, 7) is 0.958. The molecule has 20 heavy (non-hydrogen) atoms. The molecule has 0 bridgehead atoms. The van der Waals surface area contributed by atoms with Crippen molar-refractivity contribution in [1.82, 2.24) is 5.32 Å². The predicted molar refractivity (Wildman–Crippen MR) is 62.0 cm³/mol. The maximum atomic E-state index is 13.0. The minimum Gasteiger partial charge on any atom is -0.322 e. The van der Waals surface area contributed by atoms with E-state index in [2.05, 4.69) is 0 Å². The summed E-state index contributed by atoms with van der Waals surface area (Å²) >= 11 is 0. The van der Waals surface area contributed by atoms with Crippen LogP contribution in [0.3, 0.4) is 0 Å². The van der Waals surface area contributed by atoms with Crippen molar-refractivity contribution in [2.45, 2.75) is 13.1 Å². The van der Waals surface area contributed by atoms with Crippen LogP contribution in [0.1, 0.15) is 27.6 Å². The van der Waals surface area contributed by atoms with Crippen LogP contribution in [0.25, 0.3) is 0 Å². The van der Waals surface area contributed by atoms with Crippen molar-refractivity contribution >= 4 is 17.5 Å². The number of fused-ring (bicyclic) bond motifs is 1. The van der Waals surface area contributed by atoms with Gasteiger partial charge in [0.2, 0.25) is 17.5 Å². The van der Waals surface area contributed by atoms with Gasteiger partial charge in [-0.05, 0) is 0 Å². The lowest BCUT2D eigenvalue weighted by Crippen LogP contribution is -2.37. The topological polar surface area (TPSA) is 63.2 Å². The Bertz CT molecular complexity index is 659. The summed E-state index contributed by atoms with van der Waals surface area (Å²) < 4.78 is 38.9. The fourth-order valence-electron chi connectivity index (χ4n) is 1.94. The molecule has 1 aromatic rings. The Morgan fingerprint density at radius 1 is 1.05 bits per heavy atom. The highest BCUT2D eigenvalue weighted by Crippen LogP contribution is 2.35. The molecule has 7 heteroatoms. The van der Waals surface area contributed by atoms with Crippen molar-refractivity contribution in [3.05, 3.63) is 46.7 Å². The number of allylic oxidation sites excluding steroid dienone is 2. The summed E-state index contributed by atoms with van der Waals surface area (Å²) in [6, 6.07) is 5.17. The van der Waals surface area contributed by atoms with Crippen LogP contribution in [0, 0.1) is 0 Å². The molecular formula is C13H8F3NO3. The zero-order valence-electron chi connectivity index (χ0n) is 10.2. The quantitative estimate of drug-likeness (QED) is 0.857. The van der Waals surface area contributed by atoms with Gasteiger partial charge < -0.3 is 5.32 Å². The van der Waals surface area contributed by atoms with Crippen molar-refractivity contribution in [2.75, 3.05) is 0 Å². The Morgan fingerprint density at radius 2 is 1.55 bits per heavy atom. The van der Waals surface area contributed by atoms with Crippen LogP contribution in [0.5, 0.6) is 0 Å². The van der Waals surface area contributed by atoms with Crippen molar-refractivity contribution in [1.29, 1.82) is 0 Å². The highest BCUT2D eigenvalue weighted by atomic mass is 19.4. The number of nitrogens with one attached hydrogen (secondary N) is 1. The molecule has 0 aliphatic heterocycles. The van der Waals surface area contributed by atoms with Crippen molar-refractivity contribution in [3.63, 3.8) is 0 Å².